The van der Waals surface area contributed by atoms with Crippen molar-refractivity contribution in [2.24, 2.45) is 7.05 Å². The van der Waals surface area contributed by atoms with E-state index < -0.39 is 5.97 Å². The summed E-state index contributed by atoms with van der Waals surface area (Å²) in [6, 6.07) is 23.5. The van der Waals surface area contributed by atoms with Crippen LogP contribution in [0.2, 0.25) is 0 Å². The van der Waals surface area contributed by atoms with E-state index in [0.717, 1.165) is 0 Å². The molecule has 0 atom stereocenters. The van der Waals surface area contributed by atoms with Gasteiger partial charge in [0.2, 0.25) is 5.52 Å². The van der Waals surface area contributed by atoms with E-state index >= 15 is 0 Å². The first kappa shape index (κ1) is 20.6. The van der Waals surface area contributed by atoms with Gasteiger partial charge in [-0.05, 0) is 48.4 Å². The Morgan fingerprint density at radius 1 is 0.966 bits per heavy atom. The van der Waals surface area contributed by atoms with Crippen LogP contribution in [0, 0.1) is 6.92 Å². The molecule has 4 nitrogen and oxygen atoms in total. The highest BCUT2D eigenvalue weighted by Gasteiger charge is 2.18. The summed E-state index contributed by atoms with van der Waals surface area (Å²) in [4.78, 5) is 12.2. The number of nitrogens with zero attached hydrogens (tertiary/aromatic N) is 2. The van der Waals surface area contributed by atoms with E-state index in [1.807, 2.05) is 11.3 Å². The van der Waals surface area contributed by atoms with E-state index in [9.17, 15) is 9.90 Å². The van der Waals surface area contributed by atoms with Crippen molar-refractivity contribution >= 4 is 33.2 Å². The highest BCUT2D eigenvalue weighted by molar-refractivity contribution is 7.21. The molecule has 0 fully saturated rings. The number of aromatic carboxylic acids is 1. The van der Waals surface area contributed by atoms with Crippen LogP contribution in [0.25, 0.3) is 20.8 Å². The number of fused-ring (bicyclic) bond motifs is 1. The number of carboxylic acid groups (broad SMARTS) is 1. The van der Waals surface area contributed by atoms with Gasteiger partial charge >= 0.3 is 0 Å². The predicted molar refractivity (Wildman–Crippen MR) is 118 cm³/mol. The number of aromatic nitrogens is 1. The number of hydrogen-bond acceptors (Lipinski definition) is 4. The maximum absolute atomic E-state index is 10.1. The lowest BCUT2D eigenvalue weighted by Crippen LogP contribution is -2.28. The molecule has 0 amide bonds. The van der Waals surface area contributed by atoms with Gasteiger partial charge in [-0.1, -0.05) is 47.7 Å². The van der Waals surface area contributed by atoms with Crippen LogP contribution in [-0.4, -0.2) is 20.1 Å². The van der Waals surface area contributed by atoms with Gasteiger partial charge in [-0.25, -0.2) is 0 Å². The number of rotatable bonds is 3. The van der Waals surface area contributed by atoms with Gasteiger partial charge < -0.3 is 14.8 Å². The first-order valence-corrected chi connectivity index (χ1v) is 10.1. The second-order valence-corrected chi connectivity index (χ2v) is 8.06. The molecule has 0 aliphatic rings. The zero-order chi connectivity index (χ0) is 21.0. The lowest BCUT2D eigenvalue weighted by Gasteiger charge is -2.11. The highest BCUT2D eigenvalue weighted by Crippen LogP contribution is 2.29. The van der Waals surface area contributed by atoms with E-state index in [0.29, 0.717) is 0 Å². The van der Waals surface area contributed by atoms with Gasteiger partial charge in [0.25, 0.3) is 5.01 Å². The van der Waals surface area contributed by atoms with Gasteiger partial charge in [0, 0.05) is 25.8 Å². The number of carbonyl (C=O) groups is 1. The Bertz CT molecular complexity index is 1120. The van der Waals surface area contributed by atoms with Crippen LogP contribution in [-0.2, 0) is 7.05 Å². The average Bonchev–Trinajstić information content (AvgIpc) is 3.05. The normalized spacial score (nSPS) is 10.3. The zero-order valence-corrected chi connectivity index (χ0v) is 17.9. The van der Waals surface area contributed by atoms with Crippen molar-refractivity contribution in [3.63, 3.8) is 0 Å². The minimum atomic E-state index is -1.13. The summed E-state index contributed by atoms with van der Waals surface area (Å²) in [6.45, 7) is 2.14. The van der Waals surface area contributed by atoms with Crippen molar-refractivity contribution in [1.29, 1.82) is 0 Å². The third kappa shape index (κ3) is 4.81. The fraction of sp³-hybridized carbons (Fsp3) is 0.167. The van der Waals surface area contributed by atoms with Gasteiger partial charge in [0.1, 0.15) is 11.7 Å². The van der Waals surface area contributed by atoms with Crippen molar-refractivity contribution in [3.05, 3.63) is 83.9 Å². The molecule has 0 aliphatic carbocycles. The molecule has 0 saturated carbocycles. The van der Waals surface area contributed by atoms with Crippen LogP contribution < -0.4 is 14.6 Å². The topological polar surface area (TPSA) is 47.2 Å². The van der Waals surface area contributed by atoms with Crippen molar-refractivity contribution in [2.75, 3.05) is 19.0 Å². The molecule has 4 aromatic rings. The van der Waals surface area contributed by atoms with Crippen LogP contribution in [0.4, 0.5) is 5.69 Å². The molecule has 4 rings (SSSR count). The summed E-state index contributed by atoms with van der Waals surface area (Å²) in [5.41, 5.74) is 5.34. The maximum atomic E-state index is 10.1. The molecule has 0 unspecified atom stereocenters. The fourth-order valence-electron chi connectivity index (χ4n) is 2.99. The van der Waals surface area contributed by atoms with Gasteiger partial charge in [0.05, 0.1) is 11.5 Å². The summed E-state index contributed by atoms with van der Waals surface area (Å²) < 4.78 is 3.63. The van der Waals surface area contributed by atoms with E-state index in [-0.39, 0.29) is 5.56 Å². The molecule has 29 heavy (non-hydrogen) atoms. The van der Waals surface area contributed by atoms with Gasteiger partial charge in [-0.2, -0.15) is 4.57 Å². The fourth-order valence-corrected chi connectivity index (χ4v) is 4.24. The molecule has 1 heterocycles. The van der Waals surface area contributed by atoms with Gasteiger partial charge in [-0.15, -0.1) is 0 Å². The SMILES string of the molecule is Cc1ccc2c(c1)sc(-c1ccc(N(C)C)cc1)[n+]2C.O=C([O-])c1ccccc1. The Morgan fingerprint density at radius 2 is 1.62 bits per heavy atom. The molecule has 5 heteroatoms. The molecule has 0 saturated heterocycles. The lowest BCUT2D eigenvalue weighted by atomic mass is 10.2. The highest BCUT2D eigenvalue weighted by atomic mass is 32.1. The zero-order valence-electron chi connectivity index (χ0n) is 17.0. The number of carboxylic acids is 1. The number of anilines is 1. The van der Waals surface area contributed by atoms with Crippen LogP contribution in [0.15, 0.2) is 72.8 Å². The molecule has 0 N–H and O–H groups in total. The van der Waals surface area contributed by atoms with Crippen LogP contribution in [0.3, 0.4) is 0 Å². The quantitative estimate of drug-likeness (QED) is 0.488. The molecule has 0 aliphatic heterocycles. The van der Waals surface area contributed by atoms with Crippen molar-refractivity contribution in [3.8, 4) is 10.6 Å². The summed E-state index contributed by atoms with van der Waals surface area (Å²) in [6.07, 6.45) is 0. The third-order valence-electron chi connectivity index (χ3n) is 4.63. The predicted octanol–water partition coefficient (Wildman–Crippen LogP) is 3.82. The second-order valence-electron chi connectivity index (χ2n) is 7.03. The van der Waals surface area contributed by atoms with E-state index in [1.54, 1.807) is 18.2 Å². The molecule has 3 aromatic carbocycles. The van der Waals surface area contributed by atoms with Gasteiger partial charge in [0.15, 0.2) is 0 Å². The summed E-state index contributed by atoms with van der Waals surface area (Å²) in [5, 5.41) is 11.4. The summed E-state index contributed by atoms with van der Waals surface area (Å²) in [5.74, 6) is -1.13. The molecular weight excluding hydrogens is 380 g/mol. The van der Waals surface area contributed by atoms with Crippen LogP contribution >= 0.6 is 11.3 Å². The maximum Gasteiger partial charge on any atom is 0.269 e. The minimum absolute atomic E-state index is 0.220. The number of benzene rings is 3. The molecule has 0 radical (unpaired) electrons. The van der Waals surface area contributed by atoms with Crippen molar-refractivity contribution in [2.45, 2.75) is 6.92 Å². The average molecular weight is 405 g/mol. The Hall–Kier alpha value is -3.18. The second kappa shape index (κ2) is 8.88. The monoisotopic (exact) mass is 404 g/mol. The first-order valence-electron chi connectivity index (χ1n) is 9.30. The number of thiazole rings is 1. The van der Waals surface area contributed by atoms with Crippen LogP contribution in [0.5, 0.6) is 0 Å². The number of aryl methyl sites for hydroxylation is 2. The summed E-state index contributed by atoms with van der Waals surface area (Å²) >= 11 is 1.85. The van der Waals surface area contributed by atoms with E-state index in [4.69, 9.17) is 0 Å². The molecule has 1 aromatic heterocycles. The summed E-state index contributed by atoms with van der Waals surface area (Å²) in [7, 11) is 6.28. The Labute approximate surface area is 175 Å². The molecule has 0 spiro atoms. The number of hydrogen-bond donors (Lipinski definition) is 0. The third-order valence-corrected chi connectivity index (χ3v) is 5.88. The Kier molecular flexibility index (Phi) is 6.29. The minimum Gasteiger partial charge on any atom is -0.545 e. The Balaban J connectivity index is 0.000000224. The van der Waals surface area contributed by atoms with Crippen molar-refractivity contribution in [1.82, 2.24) is 0 Å². The van der Waals surface area contributed by atoms with E-state index in [2.05, 4.69) is 80.0 Å². The smallest absolute Gasteiger partial charge is 0.269 e. The van der Waals surface area contributed by atoms with Crippen LogP contribution in [0.1, 0.15) is 15.9 Å². The molecule has 148 valence electrons. The molecule has 0 bridgehead atoms. The lowest BCUT2D eigenvalue weighted by molar-refractivity contribution is -0.629. The van der Waals surface area contributed by atoms with Gasteiger partial charge in [-0.3, -0.25) is 0 Å². The van der Waals surface area contributed by atoms with Crippen molar-refractivity contribution < 1.29 is 14.5 Å². The van der Waals surface area contributed by atoms with E-state index in [1.165, 1.54) is 44.2 Å². The largest absolute Gasteiger partial charge is 0.545 e. The number of carbonyl (C=O) groups excluding carboxylic acids is 1. The first-order chi connectivity index (χ1) is 13.9. The Morgan fingerprint density at radius 3 is 2.17 bits per heavy atom. The standard InChI is InChI=1S/C17H19N2S.C7H6O2/c1-12-5-10-15-16(11-12)20-17(19(15)4)13-6-8-14(9-7-13)18(2)3;8-7(9)6-4-2-1-3-5-6/h5-11H,1-4H3;1-5H,(H,8,9)/q+1;/p-1. The molecular formula is C24H24N2O2S.